The van der Waals surface area contributed by atoms with Crippen molar-refractivity contribution in [2.45, 2.75) is 13.8 Å². The summed E-state index contributed by atoms with van der Waals surface area (Å²) in [5.74, 6) is -0.332. The van der Waals surface area contributed by atoms with Crippen molar-refractivity contribution in [2.24, 2.45) is 5.10 Å². The molecule has 11 heteroatoms. The Hall–Kier alpha value is -3.76. The molecule has 1 aromatic carbocycles. The van der Waals surface area contributed by atoms with Crippen LogP contribution in [0.5, 0.6) is 0 Å². The van der Waals surface area contributed by atoms with Crippen molar-refractivity contribution in [3.8, 4) is 5.82 Å². The van der Waals surface area contributed by atoms with Crippen molar-refractivity contribution < 1.29 is 9.42 Å². The predicted molar refractivity (Wildman–Crippen MR) is 88.9 cm³/mol. The molecule has 0 bridgehead atoms. The molecular formula is C14H15N9O2. The molecule has 0 fully saturated rings. The molecule has 0 aliphatic heterocycles. The second-order valence-corrected chi connectivity index (χ2v) is 5.17. The molecule has 1 amide bonds. The number of hydrogen-bond acceptors (Lipinski definition) is 9. The molecule has 0 aliphatic rings. The fourth-order valence-electron chi connectivity index (χ4n) is 2.09. The van der Waals surface area contributed by atoms with Crippen molar-refractivity contribution in [1.29, 1.82) is 0 Å². The maximum atomic E-state index is 12.3. The van der Waals surface area contributed by atoms with E-state index in [1.807, 2.05) is 6.07 Å². The minimum atomic E-state index is -0.526. The van der Waals surface area contributed by atoms with Gasteiger partial charge in [-0.05, 0) is 41.9 Å². The number of amides is 1. The minimum absolute atomic E-state index is 0.0375. The van der Waals surface area contributed by atoms with Gasteiger partial charge in [0.05, 0.1) is 11.4 Å². The van der Waals surface area contributed by atoms with Gasteiger partial charge in [-0.2, -0.15) is 9.78 Å². The SMILES string of the molecule is C/C(=N\NC(=O)c1nnn(-c2nonc2N)c1C)c1cccc(N)c1. The number of anilines is 2. The molecule has 0 spiro atoms. The average molecular weight is 341 g/mol. The zero-order valence-corrected chi connectivity index (χ0v) is 13.5. The van der Waals surface area contributed by atoms with Gasteiger partial charge >= 0.3 is 0 Å². The molecule has 0 aliphatic carbocycles. The summed E-state index contributed by atoms with van der Waals surface area (Å²) in [5.41, 5.74) is 16.3. The first-order valence-corrected chi connectivity index (χ1v) is 7.18. The molecule has 0 atom stereocenters. The fraction of sp³-hybridized carbons (Fsp3) is 0.143. The molecular weight excluding hydrogens is 326 g/mol. The van der Waals surface area contributed by atoms with Gasteiger partial charge in [-0.25, -0.2) is 10.1 Å². The topological polar surface area (TPSA) is 163 Å². The Kier molecular flexibility index (Phi) is 4.12. The lowest BCUT2D eigenvalue weighted by atomic mass is 10.1. The van der Waals surface area contributed by atoms with Crippen molar-refractivity contribution in [2.75, 3.05) is 11.5 Å². The smallest absolute Gasteiger partial charge is 0.293 e. The Balaban J connectivity index is 1.79. The Morgan fingerprint density at radius 3 is 2.80 bits per heavy atom. The fourth-order valence-corrected chi connectivity index (χ4v) is 2.09. The number of benzene rings is 1. The first-order valence-electron chi connectivity index (χ1n) is 7.18. The van der Waals surface area contributed by atoms with E-state index in [0.717, 1.165) is 5.56 Å². The molecule has 0 saturated carbocycles. The summed E-state index contributed by atoms with van der Waals surface area (Å²) in [6, 6.07) is 7.16. The van der Waals surface area contributed by atoms with Crippen LogP contribution in [0, 0.1) is 6.92 Å². The summed E-state index contributed by atoms with van der Waals surface area (Å²) in [5, 5.41) is 18.8. The third kappa shape index (κ3) is 3.15. The number of hydrazone groups is 1. The van der Waals surface area contributed by atoms with E-state index in [1.54, 1.807) is 32.0 Å². The van der Waals surface area contributed by atoms with Crippen LogP contribution in [0.3, 0.4) is 0 Å². The van der Waals surface area contributed by atoms with Crippen LogP contribution in [0.1, 0.15) is 28.7 Å². The van der Waals surface area contributed by atoms with Gasteiger partial charge in [0.25, 0.3) is 5.91 Å². The zero-order valence-electron chi connectivity index (χ0n) is 13.5. The van der Waals surface area contributed by atoms with Gasteiger partial charge in [0, 0.05) is 5.69 Å². The minimum Gasteiger partial charge on any atom is -0.399 e. The van der Waals surface area contributed by atoms with E-state index in [1.165, 1.54) is 4.68 Å². The molecule has 3 rings (SSSR count). The maximum Gasteiger partial charge on any atom is 0.293 e. The Morgan fingerprint density at radius 2 is 2.12 bits per heavy atom. The molecule has 0 saturated heterocycles. The number of nitrogens with one attached hydrogen (secondary N) is 1. The summed E-state index contributed by atoms with van der Waals surface area (Å²) < 4.78 is 5.77. The first-order chi connectivity index (χ1) is 12.0. The number of rotatable bonds is 4. The van der Waals surface area contributed by atoms with Crippen LogP contribution in [0.4, 0.5) is 11.5 Å². The largest absolute Gasteiger partial charge is 0.399 e. The zero-order chi connectivity index (χ0) is 18.0. The van der Waals surface area contributed by atoms with Crippen LogP contribution < -0.4 is 16.9 Å². The lowest BCUT2D eigenvalue weighted by molar-refractivity contribution is 0.0949. The lowest BCUT2D eigenvalue weighted by Crippen LogP contribution is -2.21. The number of nitrogen functional groups attached to an aromatic ring is 2. The molecule has 128 valence electrons. The van der Waals surface area contributed by atoms with Crippen LogP contribution >= 0.6 is 0 Å². The van der Waals surface area contributed by atoms with Gasteiger partial charge in [-0.3, -0.25) is 4.79 Å². The highest BCUT2D eigenvalue weighted by atomic mass is 16.6. The van der Waals surface area contributed by atoms with E-state index in [4.69, 9.17) is 11.5 Å². The van der Waals surface area contributed by atoms with E-state index >= 15 is 0 Å². The lowest BCUT2D eigenvalue weighted by Gasteiger charge is -2.03. The number of aromatic nitrogens is 5. The average Bonchev–Trinajstić information content (AvgIpc) is 3.17. The highest BCUT2D eigenvalue weighted by molar-refractivity contribution is 6.01. The summed E-state index contributed by atoms with van der Waals surface area (Å²) in [7, 11) is 0. The van der Waals surface area contributed by atoms with Crippen molar-refractivity contribution in [1.82, 2.24) is 30.7 Å². The van der Waals surface area contributed by atoms with E-state index in [2.05, 4.69) is 35.8 Å². The highest BCUT2D eigenvalue weighted by Gasteiger charge is 2.20. The second-order valence-electron chi connectivity index (χ2n) is 5.17. The van der Waals surface area contributed by atoms with E-state index in [-0.39, 0.29) is 17.3 Å². The van der Waals surface area contributed by atoms with Gasteiger partial charge in [-0.1, -0.05) is 17.3 Å². The normalized spacial score (nSPS) is 11.5. The Bertz CT molecular complexity index is 957. The third-order valence-corrected chi connectivity index (χ3v) is 3.44. The van der Waals surface area contributed by atoms with Crippen LogP contribution in [0.15, 0.2) is 34.0 Å². The molecule has 5 N–H and O–H groups in total. The van der Waals surface area contributed by atoms with Crippen molar-refractivity contribution >= 4 is 23.1 Å². The Labute approximate surface area is 141 Å². The monoisotopic (exact) mass is 341 g/mol. The molecule has 11 nitrogen and oxygen atoms in total. The number of nitrogens with zero attached hydrogens (tertiary/aromatic N) is 6. The number of nitrogens with two attached hydrogens (primary N) is 2. The second kappa shape index (κ2) is 6.39. The van der Waals surface area contributed by atoms with Gasteiger partial charge in [0.1, 0.15) is 0 Å². The van der Waals surface area contributed by atoms with Gasteiger partial charge in [0.15, 0.2) is 5.69 Å². The van der Waals surface area contributed by atoms with E-state index in [9.17, 15) is 4.79 Å². The van der Waals surface area contributed by atoms with Crippen LogP contribution in [-0.2, 0) is 0 Å². The maximum absolute atomic E-state index is 12.3. The summed E-state index contributed by atoms with van der Waals surface area (Å²) >= 11 is 0. The van der Waals surface area contributed by atoms with Crippen LogP contribution in [0.2, 0.25) is 0 Å². The molecule has 3 aromatic rings. The quantitative estimate of drug-likeness (QED) is 0.346. The summed E-state index contributed by atoms with van der Waals surface area (Å²) in [6.07, 6.45) is 0. The van der Waals surface area contributed by atoms with Crippen LogP contribution in [0.25, 0.3) is 5.82 Å². The van der Waals surface area contributed by atoms with Crippen molar-refractivity contribution in [3.05, 3.63) is 41.2 Å². The first kappa shape index (κ1) is 16.1. The predicted octanol–water partition coefficient (Wildman–Crippen LogP) is 0.277. The van der Waals surface area contributed by atoms with Gasteiger partial charge < -0.3 is 11.5 Å². The molecule has 0 unspecified atom stereocenters. The number of carbonyl (C=O) groups is 1. The van der Waals surface area contributed by atoms with Crippen LogP contribution in [-0.4, -0.2) is 36.9 Å². The third-order valence-electron chi connectivity index (χ3n) is 3.44. The molecule has 2 aromatic heterocycles. The molecule has 25 heavy (non-hydrogen) atoms. The van der Waals surface area contributed by atoms with E-state index < -0.39 is 5.91 Å². The van der Waals surface area contributed by atoms with Gasteiger partial charge in [0.2, 0.25) is 11.6 Å². The van der Waals surface area contributed by atoms with Gasteiger partial charge in [-0.15, -0.1) is 5.10 Å². The summed E-state index contributed by atoms with van der Waals surface area (Å²) in [6.45, 7) is 3.39. The van der Waals surface area contributed by atoms with Crippen molar-refractivity contribution in [3.63, 3.8) is 0 Å². The standard InChI is InChI=1S/C14H15N9O2/c1-7(9-4-3-5-10(15)6-9)17-19-14(24)11-8(2)23(22-18-11)13-12(16)20-25-21-13/h3-6H,15H2,1-2H3,(H2,16,20)(H,19,24)/b17-7+. The molecule has 0 radical (unpaired) electrons. The summed E-state index contributed by atoms with van der Waals surface area (Å²) in [4.78, 5) is 12.3. The Morgan fingerprint density at radius 1 is 1.32 bits per heavy atom. The highest BCUT2D eigenvalue weighted by Crippen LogP contribution is 2.14. The molecule has 2 heterocycles. The number of carbonyl (C=O) groups excluding carboxylic acids is 1. The number of hydrogen-bond donors (Lipinski definition) is 3. The van der Waals surface area contributed by atoms with E-state index in [0.29, 0.717) is 17.1 Å².